The quantitative estimate of drug-likeness (QED) is 0.445. The first-order valence-corrected chi connectivity index (χ1v) is 1.73. The molecule has 1 heteroatoms. The molecule has 0 radical (unpaired) electrons. The topological polar surface area (TPSA) is 0 Å². The van der Waals surface area contributed by atoms with Gasteiger partial charge in [0.05, 0.1) is 0 Å². The first-order valence-electron chi connectivity index (χ1n) is 1.73. The Balaban J connectivity index is 0. The van der Waals surface area contributed by atoms with Gasteiger partial charge in [-0.05, 0) is 5.92 Å². The van der Waals surface area contributed by atoms with Gasteiger partial charge in [0.2, 0.25) is 0 Å². The van der Waals surface area contributed by atoms with Gasteiger partial charge in [-0.2, -0.15) is 0 Å². The minimum atomic E-state index is 0. The van der Waals surface area contributed by atoms with Gasteiger partial charge in [-0.3, -0.25) is 0 Å². The van der Waals surface area contributed by atoms with Crippen molar-refractivity contribution in [3.05, 3.63) is 0 Å². The molecule has 0 rings (SSSR count). The molecule has 0 aliphatic rings. The molecule has 0 aromatic rings. The van der Waals surface area contributed by atoms with Crippen LogP contribution in [0.3, 0.4) is 0 Å². The molecule has 0 fully saturated rings. The van der Waals surface area contributed by atoms with Gasteiger partial charge >= 0.3 is 0 Å². The van der Waals surface area contributed by atoms with E-state index in [1.807, 2.05) is 0 Å². The Hall–Kier alpha value is 0.532. The largest absolute Gasteiger partial charge is 0.0630 e. The van der Waals surface area contributed by atoms with Crippen LogP contribution < -0.4 is 0 Å². The van der Waals surface area contributed by atoms with Crippen LogP contribution in [0.25, 0.3) is 0 Å². The predicted octanol–water partition coefficient (Wildman–Crippen LogP) is 1.66. The molecule has 0 heterocycles. The minimum Gasteiger partial charge on any atom is -0.0630 e. The average molecular weight is 110 g/mol. The third kappa shape index (κ3) is 103. The van der Waals surface area contributed by atoms with E-state index in [0.29, 0.717) is 0 Å². The molecule has 0 N–H and O–H groups in total. The fourth-order valence-electron chi connectivity index (χ4n) is 0. The SMILES string of the molecule is CC(C)C.[Cr]. The van der Waals surface area contributed by atoms with Gasteiger partial charge in [0.15, 0.2) is 0 Å². The third-order valence-electron chi connectivity index (χ3n) is 0. The van der Waals surface area contributed by atoms with Crippen LogP contribution in [0, 0.1) is 5.92 Å². The van der Waals surface area contributed by atoms with E-state index in [2.05, 4.69) is 20.8 Å². The summed E-state index contributed by atoms with van der Waals surface area (Å²) in [5, 5.41) is 0. The van der Waals surface area contributed by atoms with Gasteiger partial charge < -0.3 is 0 Å². The van der Waals surface area contributed by atoms with Crippen molar-refractivity contribution in [2.45, 2.75) is 20.8 Å². The maximum absolute atomic E-state index is 2.17. The van der Waals surface area contributed by atoms with Crippen LogP contribution in [0.2, 0.25) is 0 Å². The van der Waals surface area contributed by atoms with E-state index in [9.17, 15) is 0 Å². The van der Waals surface area contributed by atoms with Crippen molar-refractivity contribution in [2.24, 2.45) is 5.92 Å². The Kier molecular flexibility index (Phi) is 8.26. The zero-order valence-electron chi connectivity index (χ0n) is 3.99. The Morgan fingerprint density at radius 1 is 1.00 bits per heavy atom. The van der Waals surface area contributed by atoms with Crippen molar-refractivity contribution >= 4 is 0 Å². The van der Waals surface area contributed by atoms with Crippen molar-refractivity contribution in [3.8, 4) is 0 Å². The van der Waals surface area contributed by atoms with Gasteiger partial charge in [0.1, 0.15) is 0 Å². The molecule has 0 aliphatic carbocycles. The van der Waals surface area contributed by atoms with Crippen molar-refractivity contribution < 1.29 is 17.4 Å². The van der Waals surface area contributed by atoms with Crippen LogP contribution in [0.1, 0.15) is 20.8 Å². The second-order valence-corrected chi connectivity index (χ2v) is 1.73. The molecule has 0 saturated carbocycles. The summed E-state index contributed by atoms with van der Waals surface area (Å²) in [5.41, 5.74) is 0. The van der Waals surface area contributed by atoms with Crippen LogP contribution in [0.5, 0.6) is 0 Å². The number of hydrogen-bond acceptors (Lipinski definition) is 0. The van der Waals surface area contributed by atoms with Crippen molar-refractivity contribution in [3.63, 3.8) is 0 Å². The Bertz CT molecular complexity index is 8.36. The Labute approximate surface area is 44.7 Å². The molecule has 0 aromatic carbocycles. The molecule has 0 aromatic heterocycles. The van der Waals surface area contributed by atoms with E-state index in [1.54, 1.807) is 0 Å². The van der Waals surface area contributed by atoms with E-state index in [1.165, 1.54) is 0 Å². The summed E-state index contributed by atoms with van der Waals surface area (Å²) in [4.78, 5) is 0. The first kappa shape index (κ1) is 9.11. The first-order chi connectivity index (χ1) is 1.73. The fourth-order valence-corrected chi connectivity index (χ4v) is 0. The normalized spacial score (nSPS) is 7.20. The Morgan fingerprint density at radius 3 is 1.00 bits per heavy atom. The molecule has 0 saturated heterocycles. The van der Waals surface area contributed by atoms with Gasteiger partial charge in [-0.15, -0.1) is 0 Å². The molecule has 0 spiro atoms. The standard InChI is InChI=1S/C4H10.Cr/c1-4(2)3;/h4H,1-3H3;. The van der Waals surface area contributed by atoms with E-state index in [4.69, 9.17) is 0 Å². The summed E-state index contributed by atoms with van der Waals surface area (Å²) in [5.74, 6) is 0.833. The van der Waals surface area contributed by atoms with E-state index >= 15 is 0 Å². The summed E-state index contributed by atoms with van der Waals surface area (Å²) in [6.07, 6.45) is 0. The second-order valence-electron chi connectivity index (χ2n) is 1.73. The smallest absolute Gasteiger partial charge is 0 e. The molecular formula is C4H10Cr. The maximum atomic E-state index is 2.17. The van der Waals surface area contributed by atoms with Crippen LogP contribution >= 0.6 is 0 Å². The summed E-state index contributed by atoms with van der Waals surface area (Å²) in [6, 6.07) is 0. The van der Waals surface area contributed by atoms with Gasteiger partial charge in [0, 0.05) is 17.4 Å². The average Bonchev–Trinajstić information content (AvgIpc) is 0.811. The van der Waals surface area contributed by atoms with Crippen LogP contribution in [0.15, 0.2) is 0 Å². The van der Waals surface area contributed by atoms with E-state index in [0.717, 1.165) is 5.92 Å². The number of rotatable bonds is 0. The monoisotopic (exact) mass is 110 g/mol. The molecule has 0 amide bonds. The summed E-state index contributed by atoms with van der Waals surface area (Å²) >= 11 is 0. The zero-order valence-corrected chi connectivity index (χ0v) is 5.26. The molecular weight excluding hydrogens is 100 g/mol. The van der Waals surface area contributed by atoms with E-state index < -0.39 is 0 Å². The maximum Gasteiger partial charge on any atom is 0 e. The number of hydrogen-bond donors (Lipinski definition) is 0. The fraction of sp³-hybridized carbons (Fsp3) is 1.00. The summed E-state index contributed by atoms with van der Waals surface area (Å²) < 4.78 is 0. The van der Waals surface area contributed by atoms with Crippen molar-refractivity contribution in [1.82, 2.24) is 0 Å². The summed E-state index contributed by atoms with van der Waals surface area (Å²) in [7, 11) is 0. The van der Waals surface area contributed by atoms with Crippen LogP contribution in [0.4, 0.5) is 0 Å². The van der Waals surface area contributed by atoms with Gasteiger partial charge in [-0.25, -0.2) is 0 Å². The predicted molar refractivity (Wildman–Crippen MR) is 20.5 cm³/mol. The second kappa shape index (κ2) is 4.53. The van der Waals surface area contributed by atoms with Crippen molar-refractivity contribution in [2.75, 3.05) is 0 Å². The molecule has 32 valence electrons. The molecule has 0 unspecified atom stereocenters. The molecule has 5 heavy (non-hydrogen) atoms. The molecule has 0 atom stereocenters. The zero-order chi connectivity index (χ0) is 3.58. The van der Waals surface area contributed by atoms with Crippen molar-refractivity contribution in [1.29, 1.82) is 0 Å². The summed E-state index contributed by atoms with van der Waals surface area (Å²) in [6.45, 7) is 6.50. The van der Waals surface area contributed by atoms with Gasteiger partial charge in [0.25, 0.3) is 0 Å². The minimum absolute atomic E-state index is 0. The molecule has 0 nitrogen and oxygen atoms in total. The third-order valence-corrected chi connectivity index (χ3v) is 0. The van der Waals surface area contributed by atoms with Crippen LogP contribution in [-0.4, -0.2) is 0 Å². The molecule has 0 bridgehead atoms. The Morgan fingerprint density at radius 2 is 1.00 bits per heavy atom. The van der Waals surface area contributed by atoms with Crippen LogP contribution in [-0.2, 0) is 17.4 Å². The van der Waals surface area contributed by atoms with Gasteiger partial charge in [-0.1, -0.05) is 20.8 Å². The molecule has 0 aliphatic heterocycles. The van der Waals surface area contributed by atoms with E-state index in [-0.39, 0.29) is 17.4 Å².